The number of rotatable bonds is 4. The maximum absolute atomic E-state index is 12.8. The summed E-state index contributed by atoms with van der Waals surface area (Å²) in [5.41, 5.74) is 6.57. The molecule has 3 heterocycles. The molecule has 2 aliphatic carbocycles. The normalized spacial score (nSPS) is 19.0. The van der Waals surface area contributed by atoms with Crippen LogP contribution >= 0.6 is 11.3 Å². The van der Waals surface area contributed by atoms with Crippen LogP contribution in [0.5, 0.6) is 0 Å². The molecule has 0 spiro atoms. The fraction of sp³-hybridized carbons (Fsp3) is 0.708. The number of anilines is 1. The van der Waals surface area contributed by atoms with Crippen LogP contribution in [0.3, 0.4) is 0 Å². The average Bonchev–Trinajstić information content (AvgIpc) is 3.53. The van der Waals surface area contributed by atoms with Gasteiger partial charge in [0.05, 0.1) is 17.9 Å². The van der Waals surface area contributed by atoms with E-state index in [1.165, 1.54) is 41.5 Å². The van der Waals surface area contributed by atoms with Crippen LogP contribution in [0.2, 0.25) is 0 Å². The Kier molecular flexibility index (Phi) is 7.32. The largest absolute Gasteiger partial charge is 0.393 e. The Morgan fingerprint density at radius 1 is 1.19 bits per heavy atom. The highest BCUT2D eigenvalue weighted by Gasteiger charge is 2.31. The lowest BCUT2D eigenvalue weighted by Gasteiger charge is -2.29. The third-order valence-corrected chi connectivity index (χ3v) is 7.58. The van der Waals surface area contributed by atoms with Crippen LogP contribution in [0, 0.1) is 0 Å². The van der Waals surface area contributed by atoms with Crippen LogP contribution < -0.4 is 10.6 Å². The lowest BCUT2D eigenvalue weighted by Crippen LogP contribution is -2.41. The van der Waals surface area contributed by atoms with Crippen molar-refractivity contribution >= 4 is 33.3 Å². The SMILES string of the molecule is CC(C)N.CN(c1nc(CC(=O)N2CCC(O)CC2)nc2sc3c(c12)CCCC3)C1CC1. The number of carbonyl (C=O) groups is 1. The fourth-order valence-electron chi connectivity index (χ4n) is 4.51. The van der Waals surface area contributed by atoms with Crippen molar-refractivity contribution in [1.29, 1.82) is 0 Å². The Hall–Kier alpha value is -1.77. The van der Waals surface area contributed by atoms with Gasteiger partial charge in [0.2, 0.25) is 5.91 Å². The lowest BCUT2D eigenvalue weighted by atomic mass is 9.97. The zero-order valence-electron chi connectivity index (χ0n) is 19.6. The first kappa shape index (κ1) is 23.4. The summed E-state index contributed by atoms with van der Waals surface area (Å²) in [6.07, 6.45) is 8.52. The molecule has 8 heteroatoms. The first-order valence-corrected chi connectivity index (χ1v) is 12.9. The summed E-state index contributed by atoms with van der Waals surface area (Å²) in [6, 6.07) is 0.907. The molecule has 0 bridgehead atoms. The van der Waals surface area contributed by atoms with Crippen molar-refractivity contribution in [3.63, 3.8) is 0 Å². The zero-order valence-corrected chi connectivity index (χ0v) is 20.5. The number of aliphatic hydroxyl groups is 1. The minimum atomic E-state index is -0.270. The van der Waals surface area contributed by atoms with E-state index < -0.39 is 0 Å². The molecule has 5 rings (SSSR count). The van der Waals surface area contributed by atoms with Crippen LogP contribution in [-0.4, -0.2) is 64.2 Å². The Morgan fingerprint density at radius 3 is 2.50 bits per heavy atom. The molecule has 2 fully saturated rings. The van der Waals surface area contributed by atoms with E-state index in [9.17, 15) is 9.90 Å². The topological polar surface area (TPSA) is 95.6 Å². The number of aryl methyl sites for hydroxylation is 2. The summed E-state index contributed by atoms with van der Waals surface area (Å²) in [5.74, 6) is 1.75. The molecule has 2 aromatic heterocycles. The molecule has 7 nitrogen and oxygen atoms in total. The van der Waals surface area contributed by atoms with Gasteiger partial charge in [0.15, 0.2) is 0 Å². The van der Waals surface area contributed by atoms with Crippen molar-refractivity contribution in [3.05, 3.63) is 16.3 Å². The quantitative estimate of drug-likeness (QED) is 0.730. The second kappa shape index (κ2) is 10.0. The maximum atomic E-state index is 12.8. The standard InChI is InChI=1S/C21H28N4O2S.C3H9N/c1-24(13-6-7-13)20-19-15-4-2-3-5-16(15)28-21(19)23-17(22-20)12-18(27)25-10-8-14(26)9-11-25;1-3(2)4/h13-14,26H,2-12H2,1H3;3H,4H2,1-2H3. The molecule has 0 radical (unpaired) electrons. The molecule has 0 aromatic carbocycles. The number of likely N-dealkylation sites (tertiary alicyclic amines) is 1. The van der Waals surface area contributed by atoms with E-state index in [0.717, 1.165) is 23.5 Å². The third-order valence-electron chi connectivity index (χ3n) is 6.40. The minimum Gasteiger partial charge on any atom is -0.393 e. The van der Waals surface area contributed by atoms with Crippen molar-refractivity contribution in [2.75, 3.05) is 25.0 Å². The van der Waals surface area contributed by atoms with Crippen LogP contribution in [0.4, 0.5) is 5.82 Å². The van der Waals surface area contributed by atoms with Gasteiger partial charge in [0, 0.05) is 31.1 Å². The molecule has 3 aliphatic rings. The molecule has 1 saturated carbocycles. The van der Waals surface area contributed by atoms with Gasteiger partial charge in [-0.15, -0.1) is 11.3 Å². The maximum Gasteiger partial charge on any atom is 0.230 e. The van der Waals surface area contributed by atoms with Crippen molar-refractivity contribution in [2.45, 2.75) is 89.8 Å². The predicted octanol–water partition coefficient (Wildman–Crippen LogP) is 3.05. The van der Waals surface area contributed by atoms with Crippen LogP contribution in [0.1, 0.15) is 68.6 Å². The Labute approximate surface area is 195 Å². The molecular formula is C24H37N5O2S. The van der Waals surface area contributed by atoms with Crippen LogP contribution in [0.15, 0.2) is 0 Å². The van der Waals surface area contributed by atoms with Crippen molar-refractivity contribution in [2.24, 2.45) is 5.73 Å². The number of piperidine rings is 1. The molecule has 32 heavy (non-hydrogen) atoms. The first-order valence-electron chi connectivity index (χ1n) is 12.1. The summed E-state index contributed by atoms with van der Waals surface area (Å²) >= 11 is 1.80. The molecule has 2 aromatic rings. The van der Waals surface area contributed by atoms with Gasteiger partial charge in [-0.05, 0) is 63.0 Å². The summed E-state index contributed by atoms with van der Waals surface area (Å²) in [5, 5.41) is 10.9. The summed E-state index contributed by atoms with van der Waals surface area (Å²) in [7, 11) is 2.14. The van der Waals surface area contributed by atoms with Crippen LogP contribution in [0.25, 0.3) is 10.2 Å². The van der Waals surface area contributed by atoms with E-state index in [1.807, 2.05) is 18.7 Å². The molecule has 1 saturated heterocycles. The number of aromatic nitrogens is 2. The average molecular weight is 460 g/mol. The van der Waals surface area contributed by atoms with Gasteiger partial charge in [-0.25, -0.2) is 9.97 Å². The van der Waals surface area contributed by atoms with E-state index >= 15 is 0 Å². The molecular weight excluding hydrogens is 422 g/mol. The smallest absolute Gasteiger partial charge is 0.230 e. The second-order valence-corrected chi connectivity index (χ2v) is 10.8. The Balaban J connectivity index is 0.000000567. The number of carbonyl (C=O) groups excluding carboxylic acids is 1. The molecule has 0 atom stereocenters. The number of hydrogen-bond acceptors (Lipinski definition) is 7. The molecule has 176 valence electrons. The second-order valence-electron chi connectivity index (χ2n) is 9.73. The number of thiophene rings is 1. The van der Waals surface area contributed by atoms with Crippen molar-refractivity contribution in [3.8, 4) is 0 Å². The van der Waals surface area contributed by atoms with Gasteiger partial charge in [-0.3, -0.25) is 4.79 Å². The number of nitrogens with two attached hydrogens (primary N) is 1. The van der Waals surface area contributed by atoms with Gasteiger partial charge < -0.3 is 20.6 Å². The highest BCUT2D eigenvalue weighted by atomic mass is 32.1. The van der Waals surface area contributed by atoms with E-state index in [1.54, 1.807) is 11.3 Å². The predicted molar refractivity (Wildman–Crippen MR) is 130 cm³/mol. The monoisotopic (exact) mass is 459 g/mol. The first-order chi connectivity index (χ1) is 15.3. The van der Waals surface area contributed by atoms with E-state index in [2.05, 4.69) is 11.9 Å². The zero-order chi connectivity index (χ0) is 22.8. The summed E-state index contributed by atoms with van der Waals surface area (Å²) in [4.78, 5) is 29.2. The number of aliphatic hydroxyl groups excluding tert-OH is 1. The minimum absolute atomic E-state index is 0.0765. The summed E-state index contributed by atoms with van der Waals surface area (Å²) in [6.45, 7) is 5.15. The van der Waals surface area contributed by atoms with E-state index in [4.69, 9.17) is 15.7 Å². The van der Waals surface area contributed by atoms with Crippen LogP contribution in [-0.2, 0) is 24.1 Å². The number of hydrogen-bond donors (Lipinski definition) is 2. The molecule has 1 aliphatic heterocycles. The Morgan fingerprint density at radius 2 is 1.84 bits per heavy atom. The molecule has 1 amide bonds. The highest BCUT2D eigenvalue weighted by molar-refractivity contribution is 7.19. The highest BCUT2D eigenvalue weighted by Crippen LogP contribution is 2.41. The van der Waals surface area contributed by atoms with Gasteiger partial charge in [0.25, 0.3) is 0 Å². The molecule has 3 N–H and O–H groups in total. The van der Waals surface area contributed by atoms with Crippen molar-refractivity contribution in [1.82, 2.24) is 14.9 Å². The van der Waals surface area contributed by atoms with Gasteiger partial charge >= 0.3 is 0 Å². The van der Waals surface area contributed by atoms with E-state index in [-0.39, 0.29) is 18.4 Å². The number of fused-ring (bicyclic) bond motifs is 3. The number of nitrogens with zero attached hydrogens (tertiary/aromatic N) is 4. The van der Waals surface area contributed by atoms with E-state index in [0.29, 0.717) is 43.8 Å². The van der Waals surface area contributed by atoms with Crippen molar-refractivity contribution < 1.29 is 9.90 Å². The fourth-order valence-corrected chi connectivity index (χ4v) is 5.79. The van der Waals surface area contributed by atoms with Gasteiger partial charge in [-0.2, -0.15) is 0 Å². The lowest BCUT2D eigenvalue weighted by molar-refractivity contribution is -0.132. The number of amides is 1. The van der Waals surface area contributed by atoms with Gasteiger partial charge in [-0.1, -0.05) is 13.8 Å². The third kappa shape index (κ3) is 5.41. The van der Waals surface area contributed by atoms with Gasteiger partial charge in [0.1, 0.15) is 16.5 Å². The summed E-state index contributed by atoms with van der Waals surface area (Å²) < 4.78 is 0. The molecule has 0 unspecified atom stereocenters. The Bertz CT molecular complexity index is 945.